The van der Waals surface area contributed by atoms with Crippen molar-refractivity contribution in [3.63, 3.8) is 0 Å². The lowest BCUT2D eigenvalue weighted by molar-refractivity contribution is 0.0310. The van der Waals surface area contributed by atoms with Crippen LogP contribution in [0.1, 0.15) is 26.3 Å². The van der Waals surface area contributed by atoms with Gasteiger partial charge >= 0.3 is 0 Å². The Morgan fingerprint density at radius 1 is 1.20 bits per heavy atom. The molecule has 0 heterocycles. The first-order valence-electron chi connectivity index (χ1n) is 8.36. The zero-order valence-electron chi connectivity index (χ0n) is 15.5. The molecule has 0 unspecified atom stereocenters. The van der Waals surface area contributed by atoms with Crippen molar-refractivity contribution in [1.82, 2.24) is 15.4 Å². The molecular formula is C17H30N4O3S. The summed E-state index contributed by atoms with van der Waals surface area (Å²) in [5.74, 6) is 0.545. The van der Waals surface area contributed by atoms with Gasteiger partial charge in [0.25, 0.3) is 0 Å². The second-order valence-corrected chi connectivity index (χ2v) is 8.14. The molecule has 0 aliphatic heterocycles. The maximum Gasteiger partial charge on any atom is 0.213 e. The van der Waals surface area contributed by atoms with Crippen LogP contribution in [0, 0.1) is 0 Å². The quantitative estimate of drug-likeness (QED) is 0.423. The highest BCUT2D eigenvalue weighted by Gasteiger charge is 2.16. The lowest BCUT2D eigenvalue weighted by Crippen LogP contribution is -2.42. The summed E-state index contributed by atoms with van der Waals surface area (Å²) in [6, 6.07) is 9.43. The van der Waals surface area contributed by atoms with Gasteiger partial charge in [-0.3, -0.25) is 4.99 Å². The molecule has 0 amide bonds. The summed E-state index contributed by atoms with van der Waals surface area (Å²) in [4.78, 5) is 4.42. The summed E-state index contributed by atoms with van der Waals surface area (Å²) in [6.07, 6.45) is 0. The van der Waals surface area contributed by atoms with Crippen molar-refractivity contribution < 1.29 is 13.2 Å². The van der Waals surface area contributed by atoms with Crippen LogP contribution in [0.3, 0.4) is 0 Å². The van der Waals surface area contributed by atoms with Crippen molar-refractivity contribution in [2.75, 3.05) is 32.5 Å². The molecule has 142 valence electrons. The standard InChI is InChI=1S/C17H30N4O3S/c1-5-18-16(20-14-17(2,3)24-4)19-11-12-25(22,23)21-13-15-9-7-6-8-10-15/h6-10,21H,5,11-14H2,1-4H3,(H2,18,19,20). The fourth-order valence-electron chi connectivity index (χ4n) is 1.84. The Bertz CT molecular complexity index is 631. The number of rotatable bonds is 10. The Hall–Kier alpha value is -1.64. The summed E-state index contributed by atoms with van der Waals surface area (Å²) in [5.41, 5.74) is 0.557. The third-order valence-electron chi connectivity index (χ3n) is 3.52. The number of guanidine groups is 1. The van der Waals surface area contributed by atoms with Crippen molar-refractivity contribution in [2.24, 2.45) is 4.99 Å². The highest BCUT2D eigenvalue weighted by Crippen LogP contribution is 2.06. The average molecular weight is 371 g/mol. The smallest absolute Gasteiger partial charge is 0.213 e. The fourth-order valence-corrected chi connectivity index (χ4v) is 2.74. The molecule has 1 aromatic rings. The lowest BCUT2D eigenvalue weighted by Gasteiger charge is -2.21. The third-order valence-corrected chi connectivity index (χ3v) is 4.84. The minimum atomic E-state index is -3.36. The van der Waals surface area contributed by atoms with Crippen LogP contribution in [0.5, 0.6) is 0 Å². The summed E-state index contributed by atoms with van der Waals surface area (Å²) in [6.45, 7) is 7.56. The Morgan fingerprint density at radius 3 is 2.48 bits per heavy atom. The van der Waals surface area contributed by atoms with Crippen molar-refractivity contribution >= 4 is 16.0 Å². The van der Waals surface area contributed by atoms with E-state index in [-0.39, 0.29) is 17.9 Å². The van der Waals surface area contributed by atoms with Gasteiger partial charge in [0.2, 0.25) is 10.0 Å². The van der Waals surface area contributed by atoms with Crippen LogP contribution in [0.25, 0.3) is 0 Å². The largest absolute Gasteiger partial charge is 0.377 e. The molecule has 0 saturated heterocycles. The molecule has 1 aromatic carbocycles. The zero-order valence-corrected chi connectivity index (χ0v) is 16.3. The van der Waals surface area contributed by atoms with E-state index in [1.54, 1.807) is 7.11 Å². The van der Waals surface area contributed by atoms with Gasteiger partial charge in [0.05, 0.1) is 17.9 Å². The van der Waals surface area contributed by atoms with E-state index in [1.807, 2.05) is 51.1 Å². The van der Waals surface area contributed by atoms with Crippen LogP contribution in [0.15, 0.2) is 35.3 Å². The second kappa shape index (κ2) is 10.4. The Kier molecular flexibility index (Phi) is 8.88. The minimum Gasteiger partial charge on any atom is -0.377 e. The fraction of sp³-hybridized carbons (Fsp3) is 0.588. The molecule has 0 spiro atoms. The molecule has 7 nitrogen and oxygen atoms in total. The second-order valence-electron chi connectivity index (χ2n) is 6.21. The predicted octanol–water partition coefficient (Wildman–Crippen LogP) is 1.09. The number of hydrogen-bond donors (Lipinski definition) is 3. The number of sulfonamides is 1. The number of methoxy groups -OCH3 is 1. The van der Waals surface area contributed by atoms with Crippen LogP contribution < -0.4 is 15.4 Å². The van der Waals surface area contributed by atoms with E-state index in [9.17, 15) is 8.42 Å². The van der Waals surface area contributed by atoms with Crippen molar-refractivity contribution in [1.29, 1.82) is 0 Å². The van der Waals surface area contributed by atoms with E-state index < -0.39 is 10.0 Å². The first-order valence-corrected chi connectivity index (χ1v) is 10.0. The summed E-state index contributed by atoms with van der Waals surface area (Å²) in [7, 11) is -1.72. The molecule has 0 aliphatic carbocycles. The highest BCUT2D eigenvalue weighted by molar-refractivity contribution is 7.89. The molecule has 0 fully saturated rings. The normalized spacial score (nSPS) is 12.9. The van der Waals surface area contributed by atoms with Crippen LogP contribution in [-0.2, 0) is 21.3 Å². The highest BCUT2D eigenvalue weighted by atomic mass is 32.2. The number of benzene rings is 1. The van der Waals surface area contributed by atoms with E-state index in [0.717, 1.165) is 5.56 Å². The lowest BCUT2D eigenvalue weighted by atomic mass is 10.1. The number of nitrogens with zero attached hydrogens (tertiary/aromatic N) is 1. The van der Waals surface area contributed by atoms with Crippen LogP contribution in [0.4, 0.5) is 0 Å². The third kappa shape index (κ3) is 9.42. The summed E-state index contributed by atoms with van der Waals surface area (Å²) < 4.78 is 32.1. The molecular weight excluding hydrogens is 340 g/mol. The van der Waals surface area contributed by atoms with Crippen LogP contribution in [0.2, 0.25) is 0 Å². The molecule has 0 atom stereocenters. The zero-order chi connectivity index (χ0) is 18.8. The van der Waals surface area contributed by atoms with Crippen molar-refractivity contribution in [3.8, 4) is 0 Å². The topological polar surface area (TPSA) is 91.8 Å². The molecule has 0 bridgehead atoms. The monoisotopic (exact) mass is 370 g/mol. The number of ether oxygens (including phenoxy) is 1. The van der Waals surface area contributed by atoms with E-state index in [4.69, 9.17) is 4.74 Å². The Labute approximate surface area is 151 Å². The Balaban J connectivity index is 2.46. The number of aliphatic imine (C=N–C) groups is 1. The van der Waals surface area contributed by atoms with Gasteiger partial charge in [0.15, 0.2) is 5.96 Å². The van der Waals surface area contributed by atoms with Gasteiger partial charge in [-0.2, -0.15) is 0 Å². The minimum absolute atomic E-state index is 0.0298. The first-order chi connectivity index (χ1) is 11.8. The SMILES string of the molecule is CCNC(=NCC(C)(C)OC)NCCS(=O)(=O)NCc1ccccc1. The molecule has 8 heteroatoms. The molecule has 1 rings (SSSR count). The van der Waals surface area contributed by atoms with Gasteiger partial charge in [-0.25, -0.2) is 13.1 Å². The van der Waals surface area contributed by atoms with Gasteiger partial charge in [0, 0.05) is 26.7 Å². The maximum atomic E-state index is 12.1. The van der Waals surface area contributed by atoms with Gasteiger partial charge in [-0.05, 0) is 26.3 Å². The van der Waals surface area contributed by atoms with Crippen molar-refractivity contribution in [2.45, 2.75) is 32.9 Å². The molecule has 0 radical (unpaired) electrons. The van der Waals surface area contributed by atoms with Gasteiger partial charge in [-0.1, -0.05) is 30.3 Å². The van der Waals surface area contributed by atoms with E-state index in [2.05, 4.69) is 20.3 Å². The molecule has 3 N–H and O–H groups in total. The molecule has 25 heavy (non-hydrogen) atoms. The van der Waals surface area contributed by atoms with Crippen LogP contribution >= 0.6 is 0 Å². The molecule has 0 saturated carbocycles. The maximum absolute atomic E-state index is 12.1. The van der Waals surface area contributed by atoms with Crippen molar-refractivity contribution in [3.05, 3.63) is 35.9 Å². The molecule has 0 aromatic heterocycles. The van der Waals surface area contributed by atoms with Gasteiger partial charge < -0.3 is 15.4 Å². The van der Waals surface area contributed by atoms with E-state index >= 15 is 0 Å². The summed E-state index contributed by atoms with van der Waals surface area (Å²) in [5, 5.41) is 6.13. The average Bonchev–Trinajstić information content (AvgIpc) is 2.59. The predicted molar refractivity (Wildman–Crippen MR) is 102 cm³/mol. The van der Waals surface area contributed by atoms with Gasteiger partial charge in [-0.15, -0.1) is 0 Å². The van der Waals surface area contributed by atoms with E-state index in [0.29, 0.717) is 25.6 Å². The number of nitrogens with one attached hydrogen (secondary N) is 3. The molecule has 0 aliphatic rings. The first kappa shape index (κ1) is 21.4. The Morgan fingerprint density at radius 2 is 1.88 bits per heavy atom. The van der Waals surface area contributed by atoms with Crippen LogP contribution in [-0.4, -0.2) is 52.5 Å². The van der Waals surface area contributed by atoms with Gasteiger partial charge in [0.1, 0.15) is 0 Å². The van der Waals surface area contributed by atoms with E-state index in [1.165, 1.54) is 0 Å². The number of hydrogen-bond acceptors (Lipinski definition) is 4. The summed E-state index contributed by atoms with van der Waals surface area (Å²) >= 11 is 0.